The molecule has 0 aromatic heterocycles. The summed E-state index contributed by atoms with van der Waals surface area (Å²) in [6, 6.07) is 15.6. The van der Waals surface area contributed by atoms with E-state index in [-0.39, 0.29) is 12.2 Å². The number of nitrogens with zero attached hydrogens (tertiary/aromatic N) is 2. The summed E-state index contributed by atoms with van der Waals surface area (Å²) in [5.74, 6) is -0.702. The van der Waals surface area contributed by atoms with Crippen LogP contribution < -0.4 is 0 Å². The molecule has 0 spiro atoms. The number of benzene rings is 2. The van der Waals surface area contributed by atoms with Gasteiger partial charge in [-0.05, 0) is 35.8 Å². The minimum atomic E-state index is -0.754. The summed E-state index contributed by atoms with van der Waals surface area (Å²) in [7, 11) is 0. The van der Waals surface area contributed by atoms with Crippen molar-refractivity contribution in [3.8, 4) is 6.07 Å². The van der Waals surface area contributed by atoms with Crippen LogP contribution in [0, 0.1) is 11.3 Å². The molecule has 1 heterocycles. The molecule has 1 atom stereocenters. The van der Waals surface area contributed by atoms with E-state index in [9.17, 15) is 14.9 Å². The van der Waals surface area contributed by atoms with Gasteiger partial charge in [0, 0.05) is 0 Å². The van der Waals surface area contributed by atoms with Crippen molar-refractivity contribution in [3.63, 3.8) is 0 Å². The number of amides is 2. The third kappa shape index (κ3) is 4.30. The number of nitriles is 1. The SMILES string of the molecule is N#C/C(=C\c1ccc(Cl)c(Cl)c1)C(=O)N1C(=O)OC[C@H]1Cc1ccccc1. The van der Waals surface area contributed by atoms with Crippen LogP contribution in [-0.4, -0.2) is 29.5 Å². The van der Waals surface area contributed by atoms with Crippen LogP contribution in [0.3, 0.4) is 0 Å². The van der Waals surface area contributed by atoms with E-state index >= 15 is 0 Å². The maximum atomic E-state index is 12.8. The first kappa shape index (κ1) is 19.0. The van der Waals surface area contributed by atoms with Crippen molar-refractivity contribution in [3.05, 3.63) is 75.3 Å². The van der Waals surface area contributed by atoms with E-state index < -0.39 is 18.0 Å². The Hall–Kier alpha value is -2.81. The van der Waals surface area contributed by atoms with E-state index in [1.165, 1.54) is 12.1 Å². The van der Waals surface area contributed by atoms with Gasteiger partial charge in [0.1, 0.15) is 18.2 Å². The monoisotopic (exact) mass is 400 g/mol. The van der Waals surface area contributed by atoms with E-state index in [0.29, 0.717) is 22.0 Å². The minimum Gasteiger partial charge on any atom is -0.447 e. The Morgan fingerprint density at radius 1 is 1.22 bits per heavy atom. The Kier molecular flexibility index (Phi) is 5.80. The van der Waals surface area contributed by atoms with Crippen molar-refractivity contribution in [1.82, 2.24) is 4.90 Å². The molecule has 5 nitrogen and oxygen atoms in total. The maximum Gasteiger partial charge on any atom is 0.417 e. The molecule has 1 aliphatic rings. The van der Waals surface area contributed by atoms with Crippen molar-refractivity contribution in [2.75, 3.05) is 6.61 Å². The molecule has 1 aliphatic heterocycles. The van der Waals surface area contributed by atoms with Gasteiger partial charge in [-0.15, -0.1) is 0 Å². The molecule has 27 heavy (non-hydrogen) atoms. The maximum absolute atomic E-state index is 12.8. The molecule has 7 heteroatoms. The highest BCUT2D eigenvalue weighted by molar-refractivity contribution is 6.42. The highest BCUT2D eigenvalue weighted by Crippen LogP contribution is 2.25. The van der Waals surface area contributed by atoms with Gasteiger partial charge in [0.15, 0.2) is 0 Å². The van der Waals surface area contributed by atoms with Gasteiger partial charge in [0.2, 0.25) is 0 Å². The first-order chi connectivity index (χ1) is 13.0. The van der Waals surface area contributed by atoms with Crippen LogP contribution in [-0.2, 0) is 16.0 Å². The van der Waals surface area contributed by atoms with Crippen LogP contribution in [0.1, 0.15) is 11.1 Å². The van der Waals surface area contributed by atoms with E-state index in [1.807, 2.05) is 36.4 Å². The molecule has 3 rings (SSSR count). The quantitative estimate of drug-likeness (QED) is 0.559. The molecule has 1 saturated heterocycles. The van der Waals surface area contributed by atoms with Gasteiger partial charge in [0.05, 0.1) is 16.1 Å². The number of rotatable bonds is 4. The Morgan fingerprint density at radius 2 is 1.96 bits per heavy atom. The lowest BCUT2D eigenvalue weighted by Gasteiger charge is -2.19. The highest BCUT2D eigenvalue weighted by Gasteiger charge is 2.39. The molecule has 2 aromatic rings. The first-order valence-electron chi connectivity index (χ1n) is 8.10. The van der Waals surface area contributed by atoms with Gasteiger partial charge in [-0.1, -0.05) is 59.6 Å². The smallest absolute Gasteiger partial charge is 0.417 e. The second-order valence-electron chi connectivity index (χ2n) is 5.94. The zero-order chi connectivity index (χ0) is 19.4. The number of hydrogen-bond acceptors (Lipinski definition) is 4. The molecule has 0 N–H and O–H groups in total. The Morgan fingerprint density at radius 3 is 2.63 bits per heavy atom. The third-order valence-electron chi connectivity index (χ3n) is 4.10. The summed E-state index contributed by atoms with van der Waals surface area (Å²) < 4.78 is 5.04. The van der Waals surface area contributed by atoms with Gasteiger partial charge in [-0.2, -0.15) is 5.26 Å². The standard InChI is InChI=1S/C20H14Cl2N2O3/c21-17-7-6-14(10-18(17)22)8-15(11-23)19(25)24-16(12-27-20(24)26)9-13-4-2-1-3-5-13/h1-8,10,16H,9,12H2/b15-8+/t16-/m1/s1. The number of carbonyl (C=O) groups is 2. The van der Waals surface area contributed by atoms with Crippen LogP contribution >= 0.6 is 23.2 Å². The molecule has 0 bridgehead atoms. The predicted octanol–water partition coefficient (Wildman–Crippen LogP) is 4.49. The number of ether oxygens (including phenoxy) is 1. The van der Waals surface area contributed by atoms with Gasteiger partial charge in [0.25, 0.3) is 5.91 Å². The normalized spacial score (nSPS) is 16.8. The second-order valence-corrected chi connectivity index (χ2v) is 6.75. The van der Waals surface area contributed by atoms with Crippen LogP contribution in [0.2, 0.25) is 10.0 Å². The fraction of sp³-hybridized carbons (Fsp3) is 0.150. The Balaban J connectivity index is 1.86. The topological polar surface area (TPSA) is 70.4 Å². The minimum absolute atomic E-state index is 0.0882. The summed E-state index contributed by atoms with van der Waals surface area (Å²) >= 11 is 11.8. The number of carbonyl (C=O) groups excluding carboxylic acids is 2. The number of imide groups is 1. The second kappa shape index (κ2) is 8.26. The fourth-order valence-electron chi connectivity index (χ4n) is 2.79. The zero-order valence-electron chi connectivity index (χ0n) is 14.1. The van der Waals surface area contributed by atoms with E-state index in [1.54, 1.807) is 12.1 Å². The van der Waals surface area contributed by atoms with Crippen LogP contribution in [0.5, 0.6) is 0 Å². The summed E-state index contributed by atoms with van der Waals surface area (Å²) in [5.41, 5.74) is 1.30. The van der Waals surface area contributed by atoms with Gasteiger partial charge in [-0.25, -0.2) is 9.69 Å². The summed E-state index contributed by atoms with van der Waals surface area (Å²) in [5, 5.41) is 10.1. The van der Waals surface area contributed by atoms with Crippen molar-refractivity contribution in [2.45, 2.75) is 12.5 Å². The molecule has 1 fully saturated rings. The average molecular weight is 401 g/mol. The van der Waals surface area contributed by atoms with Gasteiger partial charge < -0.3 is 4.74 Å². The molecular formula is C20H14Cl2N2O3. The first-order valence-corrected chi connectivity index (χ1v) is 8.86. The van der Waals surface area contributed by atoms with E-state index in [2.05, 4.69) is 0 Å². The van der Waals surface area contributed by atoms with Crippen LogP contribution in [0.4, 0.5) is 4.79 Å². The van der Waals surface area contributed by atoms with Crippen LogP contribution in [0.25, 0.3) is 6.08 Å². The molecule has 0 unspecified atom stereocenters. The van der Waals surface area contributed by atoms with Gasteiger partial charge >= 0.3 is 6.09 Å². The molecule has 0 saturated carbocycles. The number of halogens is 2. The van der Waals surface area contributed by atoms with Crippen molar-refractivity contribution in [1.29, 1.82) is 5.26 Å². The average Bonchev–Trinajstić information content (AvgIpc) is 3.03. The largest absolute Gasteiger partial charge is 0.447 e. The molecule has 2 aromatic carbocycles. The zero-order valence-corrected chi connectivity index (χ0v) is 15.6. The molecule has 0 radical (unpaired) electrons. The molecular weight excluding hydrogens is 387 g/mol. The van der Waals surface area contributed by atoms with E-state index in [4.69, 9.17) is 27.9 Å². The van der Waals surface area contributed by atoms with Crippen molar-refractivity contribution >= 4 is 41.3 Å². The lowest BCUT2D eigenvalue weighted by atomic mass is 10.0. The molecule has 136 valence electrons. The molecule has 2 amide bonds. The predicted molar refractivity (Wildman–Crippen MR) is 102 cm³/mol. The number of cyclic esters (lactones) is 1. The third-order valence-corrected chi connectivity index (χ3v) is 4.84. The summed E-state index contributed by atoms with van der Waals surface area (Å²) in [6.07, 6.45) is 1.07. The number of hydrogen-bond donors (Lipinski definition) is 0. The van der Waals surface area contributed by atoms with Crippen molar-refractivity contribution < 1.29 is 14.3 Å². The lowest BCUT2D eigenvalue weighted by Crippen LogP contribution is -2.40. The summed E-state index contributed by atoms with van der Waals surface area (Å²) in [6.45, 7) is 0.0882. The lowest BCUT2D eigenvalue weighted by molar-refractivity contribution is -0.124. The van der Waals surface area contributed by atoms with Gasteiger partial charge in [-0.3, -0.25) is 4.79 Å². The van der Waals surface area contributed by atoms with Crippen LogP contribution in [0.15, 0.2) is 54.1 Å². The van der Waals surface area contributed by atoms with Crippen molar-refractivity contribution in [2.24, 2.45) is 0 Å². The van der Waals surface area contributed by atoms with E-state index in [0.717, 1.165) is 10.5 Å². The molecule has 0 aliphatic carbocycles. The highest BCUT2D eigenvalue weighted by atomic mass is 35.5. The summed E-state index contributed by atoms with van der Waals surface area (Å²) in [4.78, 5) is 25.9. The Bertz CT molecular complexity index is 951. The Labute approximate surface area is 166 Å². The fourth-order valence-corrected chi connectivity index (χ4v) is 3.09.